The molecule has 0 unspecified atom stereocenters. The highest BCUT2D eigenvalue weighted by Crippen LogP contribution is 2.17. The maximum absolute atomic E-state index is 12.7. The lowest BCUT2D eigenvalue weighted by atomic mass is 10.3. The van der Waals surface area contributed by atoms with Crippen molar-refractivity contribution in [1.82, 2.24) is 19.1 Å². The summed E-state index contributed by atoms with van der Waals surface area (Å²) in [6.45, 7) is 1.06. The number of pyridine rings is 1. The normalized spacial score (nSPS) is 12.0. The minimum atomic E-state index is -3.61. The molecule has 7 nitrogen and oxygen atoms in total. The van der Waals surface area contributed by atoms with Crippen LogP contribution in [0.1, 0.15) is 12.0 Å². The van der Waals surface area contributed by atoms with Crippen LogP contribution in [-0.4, -0.2) is 40.6 Å². The van der Waals surface area contributed by atoms with Gasteiger partial charge in [0.25, 0.3) is 10.0 Å². The van der Waals surface area contributed by atoms with E-state index < -0.39 is 10.0 Å². The van der Waals surface area contributed by atoms with Gasteiger partial charge in [0.15, 0.2) is 5.03 Å². The van der Waals surface area contributed by atoms with E-state index >= 15 is 0 Å². The number of nitrogens with zero attached hydrogens (tertiary/aromatic N) is 4. The second-order valence-corrected chi connectivity index (χ2v) is 6.52. The van der Waals surface area contributed by atoms with Gasteiger partial charge in [-0.05, 0) is 30.7 Å². The molecule has 0 atom stereocenters. The summed E-state index contributed by atoms with van der Waals surface area (Å²) in [5.74, 6) is 0. The van der Waals surface area contributed by atoms with Gasteiger partial charge < -0.3 is 5.73 Å². The Hall–Kier alpha value is -1.77. The Balaban J connectivity index is 2.29. The van der Waals surface area contributed by atoms with Crippen LogP contribution < -0.4 is 5.73 Å². The summed E-state index contributed by atoms with van der Waals surface area (Å²) in [5.41, 5.74) is 6.34. The van der Waals surface area contributed by atoms with Crippen LogP contribution in [0.15, 0.2) is 41.8 Å². The summed E-state index contributed by atoms with van der Waals surface area (Å²) >= 11 is 0. The molecule has 21 heavy (non-hydrogen) atoms. The van der Waals surface area contributed by atoms with Crippen molar-refractivity contribution in [2.45, 2.75) is 18.0 Å². The first-order valence-corrected chi connectivity index (χ1v) is 8.07. The smallest absolute Gasteiger partial charge is 0.260 e. The first-order chi connectivity index (χ1) is 10.1. The fourth-order valence-corrected chi connectivity index (χ4v) is 3.56. The van der Waals surface area contributed by atoms with Crippen molar-refractivity contribution in [1.29, 1.82) is 0 Å². The standard InChI is InChI=1S/C13H19N5O2S/c1-17-13(5-8-16-17)21(19,20)18(9-3-6-14)11-12-4-2-7-15-10-12/h2,4-5,7-8,10H,3,6,9,11,14H2,1H3. The number of sulfonamides is 1. The van der Waals surface area contributed by atoms with Gasteiger partial charge in [-0.25, -0.2) is 8.42 Å². The molecule has 0 aromatic carbocycles. The third-order valence-corrected chi connectivity index (χ3v) is 4.99. The maximum Gasteiger partial charge on any atom is 0.260 e. The van der Waals surface area contributed by atoms with E-state index in [0.717, 1.165) is 5.56 Å². The SMILES string of the molecule is Cn1nccc1S(=O)(=O)N(CCCN)Cc1cccnc1. The first-order valence-electron chi connectivity index (χ1n) is 6.63. The Kier molecular flexibility index (Phi) is 5.05. The monoisotopic (exact) mass is 309 g/mol. The van der Waals surface area contributed by atoms with Crippen molar-refractivity contribution in [2.24, 2.45) is 12.8 Å². The zero-order valence-corrected chi connectivity index (χ0v) is 12.7. The summed E-state index contributed by atoms with van der Waals surface area (Å²) in [4.78, 5) is 4.02. The molecule has 0 radical (unpaired) electrons. The number of aryl methyl sites for hydroxylation is 1. The van der Waals surface area contributed by atoms with Gasteiger partial charge >= 0.3 is 0 Å². The number of aromatic nitrogens is 3. The average Bonchev–Trinajstić information content (AvgIpc) is 2.91. The highest BCUT2D eigenvalue weighted by molar-refractivity contribution is 7.89. The Labute approximate surface area is 124 Å². The Morgan fingerprint density at radius 1 is 1.33 bits per heavy atom. The molecule has 8 heteroatoms. The lowest BCUT2D eigenvalue weighted by Crippen LogP contribution is -2.33. The highest BCUT2D eigenvalue weighted by Gasteiger charge is 2.26. The van der Waals surface area contributed by atoms with Crippen LogP contribution in [0.3, 0.4) is 0 Å². The van der Waals surface area contributed by atoms with Crippen molar-refractivity contribution < 1.29 is 8.42 Å². The third-order valence-electron chi connectivity index (χ3n) is 3.07. The van der Waals surface area contributed by atoms with Crippen LogP contribution in [0, 0.1) is 0 Å². The van der Waals surface area contributed by atoms with E-state index in [1.165, 1.54) is 21.3 Å². The van der Waals surface area contributed by atoms with E-state index in [1.807, 2.05) is 6.07 Å². The van der Waals surface area contributed by atoms with Gasteiger partial charge in [0.05, 0.1) is 6.20 Å². The highest BCUT2D eigenvalue weighted by atomic mass is 32.2. The van der Waals surface area contributed by atoms with Gasteiger partial charge in [-0.15, -0.1) is 0 Å². The molecule has 114 valence electrons. The molecule has 0 aliphatic rings. The van der Waals surface area contributed by atoms with E-state index in [9.17, 15) is 8.42 Å². The number of hydrogen-bond donors (Lipinski definition) is 1. The van der Waals surface area contributed by atoms with Crippen LogP contribution in [0.25, 0.3) is 0 Å². The predicted octanol–water partition coefficient (Wildman–Crippen LogP) is 0.355. The van der Waals surface area contributed by atoms with Gasteiger partial charge in [0, 0.05) is 32.5 Å². The molecule has 2 aromatic rings. The maximum atomic E-state index is 12.7. The Bertz CT molecular complexity index is 669. The summed E-state index contributed by atoms with van der Waals surface area (Å²) < 4.78 is 28.2. The lowest BCUT2D eigenvalue weighted by Gasteiger charge is -2.21. The van der Waals surface area contributed by atoms with Crippen molar-refractivity contribution >= 4 is 10.0 Å². The zero-order chi connectivity index (χ0) is 15.3. The van der Waals surface area contributed by atoms with Crippen molar-refractivity contribution in [2.75, 3.05) is 13.1 Å². The van der Waals surface area contributed by atoms with Crippen LogP contribution in [0.4, 0.5) is 0 Å². The summed E-state index contributed by atoms with van der Waals surface area (Å²) in [5, 5.41) is 4.10. The second-order valence-electron chi connectivity index (χ2n) is 4.64. The molecule has 2 rings (SSSR count). The fraction of sp³-hybridized carbons (Fsp3) is 0.385. The van der Waals surface area contributed by atoms with Gasteiger partial charge in [-0.2, -0.15) is 9.40 Å². The topological polar surface area (TPSA) is 94.1 Å². The lowest BCUT2D eigenvalue weighted by molar-refractivity contribution is 0.396. The molecule has 0 aliphatic carbocycles. The van der Waals surface area contributed by atoms with E-state index in [2.05, 4.69) is 10.1 Å². The molecular weight excluding hydrogens is 290 g/mol. The van der Waals surface area contributed by atoms with Gasteiger partial charge in [0.2, 0.25) is 0 Å². The third kappa shape index (κ3) is 3.66. The average molecular weight is 309 g/mol. The van der Waals surface area contributed by atoms with Crippen molar-refractivity contribution in [3.8, 4) is 0 Å². The van der Waals surface area contributed by atoms with E-state index in [0.29, 0.717) is 19.5 Å². The predicted molar refractivity (Wildman–Crippen MR) is 78.7 cm³/mol. The fourth-order valence-electron chi connectivity index (χ4n) is 1.99. The molecule has 2 N–H and O–H groups in total. The van der Waals surface area contributed by atoms with Crippen molar-refractivity contribution in [3.63, 3.8) is 0 Å². The van der Waals surface area contributed by atoms with E-state index in [1.54, 1.807) is 25.5 Å². The quantitative estimate of drug-likeness (QED) is 0.796. The van der Waals surface area contributed by atoms with E-state index in [-0.39, 0.29) is 11.6 Å². The molecule has 0 saturated carbocycles. The largest absolute Gasteiger partial charge is 0.330 e. The summed E-state index contributed by atoms with van der Waals surface area (Å²) in [6, 6.07) is 5.13. The van der Waals surface area contributed by atoms with Gasteiger partial charge in [-0.1, -0.05) is 6.07 Å². The Morgan fingerprint density at radius 2 is 2.14 bits per heavy atom. The number of rotatable bonds is 7. The van der Waals surface area contributed by atoms with Crippen LogP contribution in [0.2, 0.25) is 0 Å². The number of nitrogens with two attached hydrogens (primary N) is 1. The summed E-state index contributed by atoms with van der Waals surface area (Å²) in [7, 11) is -2.00. The van der Waals surface area contributed by atoms with Crippen LogP contribution in [-0.2, 0) is 23.6 Å². The minimum absolute atomic E-state index is 0.170. The molecular formula is C13H19N5O2S. The Morgan fingerprint density at radius 3 is 2.71 bits per heavy atom. The van der Waals surface area contributed by atoms with Crippen LogP contribution in [0.5, 0.6) is 0 Å². The van der Waals surface area contributed by atoms with Gasteiger partial charge in [-0.3, -0.25) is 9.67 Å². The van der Waals surface area contributed by atoms with Gasteiger partial charge in [0.1, 0.15) is 0 Å². The number of hydrogen-bond acceptors (Lipinski definition) is 5. The molecule has 0 fully saturated rings. The minimum Gasteiger partial charge on any atom is -0.330 e. The molecule has 0 saturated heterocycles. The zero-order valence-electron chi connectivity index (χ0n) is 11.9. The molecule has 2 aromatic heterocycles. The molecule has 2 heterocycles. The van der Waals surface area contributed by atoms with E-state index in [4.69, 9.17) is 5.73 Å². The first kappa shape index (κ1) is 15.6. The second kappa shape index (κ2) is 6.79. The molecule has 0 bridgehead atoms. The molecule has 0 spiro atoms. The summed E-state index contributed by atoms with van der Waals surface area (Å²) in [6.07, 6.45) is 5.38. The van der Waals surface area contributed by atoms with Crippen molar-refractivity contribution in [3.05, 3.63) is 42.4 Å². The van der Waals surface area contributed by atoms with Crippen LogP contribution >= 0.6 is 0 Å². The molecule has 0 amide bonds. The molecule has 0 aliphatic heterocycles.